The summed E-state index contributed by atoms with van der Waals surface area (Å²) in [5.74, 6) is 1.79. The Labute approximate surface area is 190 Å². The van der Waals surface area contributed by atoms with Crippen molar-refractivity contribution in [3.63, 3.8) is 0 Å². The highest BCUT2D eigenvalue weighted by Crippen LogP contribution is 2.66. The Kier molecular flexibility index (Phi) is 5.91. The van der Waals surface area contributed by atoms with Gasteiger partial charge in [-0.2, -0.15) is 0 Å². The van der Waals surface area contributed by atoms with Crippen molar-refractivity contribution < 1.29 is 19.4 Å². The van der Waals surface area contributed by atoms with Crippen LogP contribution < -0.4 is 0 Å². The molecule has 0 amide bonds. The van der Waals surface area contributed by atoms with E-state index in [1.807, 2.05) is 6.08 Å². The lowest BCUT2D eigenvalue weighted by atomic mass is 9.46. The molecule has 0 aromatic heterocycles. The average molecular weight is 451 g/mol. The molecule has 0 aromatic rings. The van der Waals surface area contributed by atoms with Crippen LogP contribution in [0.3, 0.4) is 0 Å². The number of hydrogen-bond acceptors (Lipinski definition) is 4. The van der Waals surface area contributed by atoms with Gasteiger partial charge in [-0.05, 0) is 113 Å². The maximum Gasteiger partial charge on any atom is 0.184 e. The van der Waals surface area contributed by atoms with Crippen molar-refractivity contribution in [2.45, 2.75) is 123 Å². The van der Waals surface area contributed by atoms with Gasteiger partial charge in [0.2, 0.25) is 0 Å². The van der Waals surface area contributed by atoms with E-state index in [0.717, 1.165) is 12.8 Å². The lowest BCUT2D eigenvalue weighted by Crippen LogP contribution is -2.58. The first-order valence-electron chi connectivity index (χ1n) is 12.6. The molecule has 2 unspecified atom stereocenters. The van der Waals surface area contributed by atoms with Crippen molar-refractivity contribution in [2.24, 2.45) is 28.6 Å². The van der Waals surface area contributed by atoms with Gasteiger partial charge in [0.25, 0.3) is 0 Å². The Morgan fingerprint density at radius 3 is 2.32 bits per heavy atom. The van der Waals surface area contributed by atoms with Gasteiger partial charge < -0.3 is 19.4 Å². The smallest absolute Gasteiger partial charge is 0.184 e. The van der Waals surface area contributed by atoms with Gasteiger partial charge in [-0.25, -0.2) is 0 Å². The Morgan fingerprint density at radius 1 is 1.03 bits per heavy atom. The molecule has 3 fully saturated rings. The fraction of sp³-hybridized carbons (Fsp3) is 0.923. The van der Waals surface area contributed by atoms with Gasteiger partial charge in [-0.1, -0.05) is 19.9 Å². The molecule has 4 nitrogen and oxygen atoms in total. The average Bonchev–Trinajstić information content (AvgIpc) is 2.91. The summed E-state index contributed by atoms with van der Waals surface area (Å²) in [5.41, 5.74) is 1.30. The Morgan fingerprint density at radius 2 is 1.71 bits per heavy atom. The lowest BCUT2D eigenvalue weighted by molar-refractivity contribution is -0.148. The zero-order valence-electron chi connectivity index (χ0n) is 21.1. The molecule has 4 rings (SSSR count). The molecule has 4 aliphatic carbocycles. The molecule has 0 spiro atoms. The first-order chi connectivity index (χ1) is 14.1. The van der Waals surface area contributed by atoms with E-state index >= 15 is 0 Å². The van der Waals surface area contributed by atoms with Crippen molar-refractivity contribution in [3.8, 4) is 0 Å². The van der Waals surface area contributed by atoms with E-state index in [9.17, 15) is 10.2 Å². The highest BCUT2D eigenvalue weighted by Gasteiger charge is 2.62. The lowest BCUT2D eigenvalue weighted by Gasteiger charge is -2.61. The van der Waals surface area contributed by atoms with E-state index in [4.69, 9.17) is 9.16 Å². The summed E-state index contributed by atoms with van der Waals surface area (Å²) < 4.78 is 13.4. The summed E-state index contributed by atoms with van der Waals surface area (Å²) in [6.45, 7) is 18.2. The normalized spacial score (nSPS) is 47.9. The third kappa shape index (κ3) is 4.23. The number of aliphatic hydroxyl groups excluding tert-OH is 2. The van der Waals surface area contributed by atoms with Crippen LogP contribution in [0.2, 0.25) is 19.6 Å². The van der Waals surface area contributed by atoms with Crippen molar-refractivity contribution in [1.29, 1.82) is 0 Å². The summed E-state index contributed by atoms with van der Waals surface area (Å²) >= 11 is 0. The van der Waals surface area contributed by atoms with Gasteiger partial charge in [0, 0.05) is 0 Å². The summed E-state index contributed by atoms with van der Waals surface area (Å²) in [4.78, 5) is 0. The summed E-state index contributed by atoms with van der Waals surface area (Å²) in [7, 11) is -1.76. The number of aliphatic hydroxyl groups is 2. The second kappa shape index (κ2) is 7.66. The SMILES string of the molecule is CC(C)(C)O[C@H]1CC[C@H]2[C@@H]3C[C@@H](O[Si](C)(C)C)C4=CC(O)C(O)C[C@]4(C)[C@H]3CC[C@]12C. The van der Waals surface area contributed by atoms with Crippen LogP contribution in [0.1, 0.15) is 73.1 Å². The Hall–Kier alpha value is -0.203. The quantitative estimate of drug-likeness (QED) is 0.453. The molecule has 0 aromatic carbocycles. The predicted octanol–water partition coefficient (Wildman–Crippen LogP) is 5.29. The van der Waals surface area contributed by atoms with Gasteiger partial charge in [0.1, 0.15) is 0 Å². The van der Waals surface area contributed by atoms with Gasteiger partial charge in [-0.3, -0.25) is 0 Å². The van der Waals surface area contributed by atoms with Crippen LogP contribution in [-0.4, -0.2) is 48.5 Å². The zero-order valence-corrected chi connectivity index (χ0v) is 22.1. The minimum absolute atomic E-state index is 0.0741. The molecule has 4 aliphatic rings. The van der Waals surface area contributed by atoms with Crippen molar-refractivity contribution >= 4 is 8.32 Å². The molecular weight excluding hydrogens is 404 g/mol. The Balaban J connectivity index is 1.69. The minimum Gasteiger partial charge on any atom is -0.411 e. The van der Waals surface area contributed by atoms with E-state index in [1.165, 1.54) is 24.8 Å². The number of ether oxygens (including phenoxy) is 1. The highest BCUT2D eigenvalue weighted by molar-refractivity contribution is 6.69. The van der Waals surface area contributed by atoms with Gasteiger partial charge in [-0.15, -0.1) is 0 Å². The van der Waals surface area contributed by atoms with Gasteiger partial charge in [0.15, 0.2) is 8.32 Å². The van der Waals surface area contributed by atoms with E-state index in [2.05, 4.69) is 54.3 Å². The maximum atomic E-state index is 10.7. The van der Waals surface area contributed by atoms with Crippen LogP contribution in [-0.2, 0) is 9.16 Å². The number of fused-ring (bicyclic) bond motifs is 5. The van der Waals surface area contributed by atoms with E-state index in [-0.39, 0.29) is 22.5 Å². The minimum atomic E-state index is -1.76. The molecule has 0 aliphatic heterocycles. The predicted molar refractivity (Wildman–Crippen MR) is 127 cm³/mol. The molecule has 2 N–H and O–H groups in total. The molecule has 3 saturated carbocycles. The largest absolute Gasteiger partial charge is 0.411 e. The summed E-state index contributed by atoms with van der Waals surface area (Å²) in [6.07, 6.45) is 7.40. The first kappa shape index (κ1) is 23.9. The van der Waals surface area contributed by atoms with Crippen LogP contribution in [0.5, 0.6) is 0 Å². The zero-order chi connectivity index (χ0) is 23.0. The van der Waals surface area contributed by atoms with E-state index in [0.29, 0.717) is 30.3 Å². The van der Waals surface area contributed by atoms with Gasteiger partial charge >= 0.3 is 0 Å². The molecule has 0 radical (unpaired) electrons. The molecule has 0 heterocycles. The van der Waals surface area contributed by atoms with E-state index < -0.39 is 20.5 Å². The van der Waals surface area contributed by atoms with Crippen molar-refractivity contribution in [2.75, 3.05) is 0 Å². The summed E-state index contributed by atoms with van der Waals surface area (Å²) in [5, 5.41) is 21.1. The highest BCUT2D eigenvalue weighted by atomic mass is 28.4. The first-order valence-corrected chi connectivity index (χ1v) is 16.0. The van der Waals surface area contributed by atoms with Crippen LogP contribution in [0.4, 0.5) is 0 Å². The third-order valence-electron chi connectivity index (χ3n) is 9.03. The molecule has 9 atom stereocenters. The molecule has 31 heavy (non-hydrogen) atoms. The van der Waals surface area contributed by atoms with Crippen molar-refractivity contribution in [3.05, 3.63) is 11.6 Å². The van der Waals surface area contributed by atoms with Crippen molar-refractivity contribution in [1.82, 2.24) is 0 Å². The monoisotopic (exact) mass is 450 g/mol. The van der Waals surface area contributed by atoms with Gasteiger partial charge in [0.05, 0.1) is 30.0 Å². The second-order valence-corrected chi connectivity index (χ2v) is 17.9. The van der Waals surface area contributed by atoms with Crippen LogP contribution in [0.15, 0.2) is 11.6 Å². The third-order valence-corrected chi connectivity index (χ3v) is 10.0. The summed E-state index contributed by atoms with van der Waals surface area (Å²) in [6, 6.07) is 0. The molecule has 5 heteroatoms. The van der Waals surface area contributed by atoms with Crippen LogP contribution in [0.25, 0.3) is 0 Å². The molecule has 178 valence electrons. The Bertz CT molecular complexity index is 722. The maximum absolute atomic E-state index is 10.7. The molecule has 0 bridgehead atoms. The second-order valence-electron chi connectivity index (χ2n) is 13.5. The van der Waals surface area contributed by atoms with Crippen LogP contribution >= 0.6 is 0 Å². The fourth-order valence-corrected chi connectivity index (χ4v) is 8.97. The number of hydrogen-bond donors (Lipinski definition) is 2. The molecular formula is C26H46O4Si. The topological polar surface area (TPSA) is 58.9 Å². The number of rotatable bonds is 3. The van der Waals surface area contributed by atoms with E-state index in [1.54, 1.807) is 0 Å². The standard InChI is InChI=1S/C26H46O4Si/c1-24(2,3)29-23-10-9-17-16-13-22(30-31(6,7)8)19-14-20(27)21(28)15-26(19,5)18(16)11-12-25(17,23)4/h14,16-18,20-23,27-28H,9-13,15H2,1-8H3/t16-,17-,18-,20?,21?,22+,23-,25-,26+/m0/s1. The van der Waals surface area contributed by atoms with Crippen LogP contribution in [0, 0.1) is 28.6 Å². The fourth-order valence-electron chi connectivity index (χ4n) is 7.89. The molecule has 0 saturated heterocycles.